The lowest BCUT2D eigenvalue weighted by Crippen LogP contribution is -2.18. The third-order valence-corrected chi connectivity index (χ3v) is 2.84. The SMILES string of the molecule is CC(=O)Oc1cccc2c1CC(=S)N2C. The van der Waals surface area contributed by atoms with Crippen molar-refractivity contribution >= 4 is 28.9 Å². The highest BCUT2D eigenvalue weighted by Crippen LogP contribution is 2.35. The normalized spacial score (nSPS) is 14.0. The molecule has 2 rings (SSSR count). The minimum atomic E-state index is -0.302. The average molecular weight is 221 g/mol. The van der Waals surface area contributed by atoms with Gasteiger partial charge in [0.2, 0.25) is 0 Å². The summed E-state index contributed by atoms with van der Waals surface area (Å²) in [5.41, 5.74) is 2.03. The van der Waals surface area contributed by atoms with E-state index in [0.29, 0.717) is 12.2 Å². The zero-order valence-electron chi connectivity index (χ0n) is 8.61. The van der Waals surface area contributed by atoms with Crippen LogP contribution in [0.2, 0.25) is 0 Å². The number of carbonyl (C=O) groups is 1. The summed E-state index contributed by atoms with van der Waals surface area (Å²) in [6.07, 6.45) is 0.671. The zero-order valence-corrected chi connectivity index (χ0v) is 9.43. The molecule has 0 atom stereocenters. The van der Waals surface area contributed by atoms with Crippen molar-refractivity contribution in [1.82, 2.24) is 0 Å². The molecular formula is C11H11NO2S. The van der Waals surface area contributed by atoms with Crippen LogP contribution in [0.5, 0.6) is 5.75 Å². The van der Waals surface area contributed by atoms with Crippen LogP contribution in [0.4, 0.5) is 5.69 Å². The number of hydrogen-bond acceptors (Lipinski definition) is 3. The van der Waals surface area contributed by atoms with Crippen LogP contribution < -0.4 is 9.64 Å². The standard InChI is InChI=1S/C11H11NO2S/c1-7(13)14-10-5-3-4-9-8(10)6-11(15)12(9)2/h3-5H,6H2,1-2H3. The first-order chi connectivity index (χ1) is 7.09. The van der Waals surface area contributed by atoms with E-state index in [4.69, 9.17) is 17.0 Å². The Labute approximate surface area is 93.6 Å². The van der Waals surface area contributed by atoms with Gasteiger partial charge in [-0.05, 0) is 12.1 Å². The van der Waals surface area contributed by atoms with Gasteiger partial charge in [-0.15, -0.1) is 0 Å². The first-order valence-corrected chi connectivity index (χ1v) is 5.07. The fourth-order valence-electron chi connectivity index (χ4n) is 1.70. The van der Waals surface area contributed by atoms with Crippen molar-refractivity contribution in [2.45, 2.75) is 13.3 Å². The largest absolute Gasteiger partial charge is 0.426 e. The molecule has 1 aromatic carbocycles. The van der Waals surface area contributed by atoms with E-state index < -0.39 is 0 Å². The van der Waals surface area contributed by atoms with Gasteiger partial charge in [0.15, 0.2) is 0 Å². The molecule has 0 aliphatic carbocycles. The third kappa shape index (κ3) is 1.72. The smallest absolute Gasteiger partial charge is 0.308 e. The Morgan fingerprint density at radius 3 is 2.93 bits per heavy atom. The summed E-state index contributed by atoms with van der Waals surface area (Å²) in [6, 6.07) is 5.63. The van der Waals surface area contributed by atoms with Crippen LogP contribution in [0, 0.1) is 0 Å². The summed E-state index contributed by atoms with van der Waals surface area (Å²) >= 11 is 5.21. The molecule has 4 heteroatoms. The summed E-state index contributed by atoms with van der Waals surface area (Å²) in [7, 11) is 1.92. The van der Waals surface area contributed by atoms with Crippen molar-refractivity contribution in [2.24, 2.45) is 0 Å². The Morgan fingerprint density at radius 1 is 1.53 bits per heavy atom. The summed E-state index contributed by atoms with van der Waals surface area (Å²) < 4.78 is 5.13. The molecule has 0 amide bonds. The van der Waals surface area contributed by atoms with Gasteiger partial charge in [0.25, 0.3) is 0 Å². The van der Waals surface area contributed by atoms with Crippen molar-refractivity contribution < 1.29 is 9.53 Å². The molecule has 3 nitrogen and oxygen atoms in total. The predicted octanol–water partition coefficient (Wildman–Crippen LogP) is 1.93. The van der Waals surface area contributed by atoms with Crippen molar-refractivity contribution in [3.05, 3.63) is 23.8 Å². The Balaban J connectivity index is 2.44. The lowest BCUT2D eigenvalue weighted by molar-refractivity contribution is -0.131. The Kier molecular flexibility index (Phi) is 2.44. The van der Waals surface area contributed by atoms with Gasteiger partial charge >= 0.3 is 5.97 Å². The first-order valence-electron chi connectivity index (χ1n) is 4.66. The van der Waals surface area contributed by atoms with Gasteiger partial charge in [0, 0.05) is 31.6 Å². The maximum Gasteiger partial charge on any atom is 0.308 e. The molecule has 78 valence electrons. The van der Waals surface area contributed by atoms with Gasteiger partial charge in [-0.3, -0.25) is 4.79 Å². The summed E-state index contributed by atoms with van der Waals surface area (Å²) in [5, 5.41) is 0. The molecule has 0 radical (unpaired) electrons. The molecule has 0 spiro atoms. The van der Waals surface area contributed by atoms with Gasteiger partial charge in [-0.1, -0.05) is 18.3 Å². The number of thiocarbonyl (C=S) groups is 1. The van der Waals surface area contributed by atoms with Crippen LogP contribution in [0.3, 0.4) is 0 Å². The number of fused-ring (bicyclic) bond motifs is 1. The number of likely N-dealkylation sites (N-methyl/N-ethyl adjacent to an activating group) is 1. The average Bonchev–Trinajstić information content (AvgIpc) is 2.45. The number of esters is 1. The molecule has 1 heterocycles. The number of anilines is 1. The van der Waals surface area contributed by atoms with Gasteiger partial charge in [-0.25, -0.2) is 0 Å². The molecule has 15 heavy (non-hydrogen) atoms. The molecule has 0 unspecified atom stereocenters. The zero-order chi connectivity index (χ0) is 11.0. The van der Waals surface area contributed by atoms with Crippen LogP contribution in [-0.4, -0.2) is 18.0 Å². The molecule has 0 saturated carbocycles. The van der Waals surface area contributed by atoms with E-state index in [1.165, 1.54) is 6.92 Å². The molecule has 1 aromatic rings. The minimum absolute atomic E-state index is 0.302. The van der Waals surface area contributed by atoms with Gasteiger partial charge < -0.3 is 9.64 Å². The second-order valence-electron chi connectivity index (χ2n) is 3.48. The minimum Gasteiger partial charge on any atom is -0.426 e. The molecule has 1 aliphatic rings. The van der Waals surface area contributed by atoms with Crippen LogP contribution in [-0.2, 0) is 11.2 Å². The van der Waals surface area contributed by atoms with Crippen LogP contribution in [0.25, 0.3) is 0 Å². The third-order valence-electron chi connectivity index (χ3n) is 2.43. The van der Waals surface area contributed by atoms with Crippen molar-refractivity contribution in [3.8, 4) is 5.75 Å². The lowest BCUT2D eigenvalue weighted by Gasteiger charge is -2.12. The van der Waals surface area contributed by atoms with E-state index in [-0.39, 0.29) is 5.97 Å². The van der Waals surface area contributed by atoms with Gasteiger partial charge in [0.05, 0.1) is 4.99 Å². The Hall–Kier alpha value is -1.42. The highest BCUT2D eigenvalue weighted by molar-refractivity contribution is 7.80. The predicted molar refractivity (Wildman–Crippen MR) is 62.5 cm³/mol. The van der Waals surface area contributed by atoms with E-state index in [0.717, 1.165) is 16.2 Å². The van der Waals surface area contributed by atoms with Gasteiger partial charge in [0.1, 0.15) is 5.75 Å². The molecule has 1 aliphatic heterocycles. The fourth-order valence-corrected chi connectivity index (χ4v) is 1.94. The monoisotopic (exact) mass is 221 g/mol. The molecular weight excluding hydrogens is 210 g/mol. The molecule has 0 saturated heterocycles. The maximum atomic E-state index is 10.9. The Bertz CT molecular complexity index is 442. The molecule has 0 bridgehead atoms. The lowest BCUT2D eigenvalue weighted by atomic mass is 10.1. The Morgan fingerprint density at radius 2 is 2.27 bits per heavy atom. The molecule has 0 aromatic heterocycles. The van der Waals surface area contributed by atoms with E-state index in [9.17, 15) is 4.79 Å². The number of ether oxygens (including phenoxy) is 1. The number of nitrogens with zero attached hydrogens (tertiary/aromatic N) is 1. The number of rotatable bonds is 1. The number of carbonyl (C=O) groups excluding carboxylic acids is 1. The van der Waals surface area contributed by atoms with Crippen LogP contribution in [0.15, 0.2) is 18.2 Å². The van der Waals surface area contributed by atoms with E-state index in [2.05, 4.69) is 0 Å². The van der Waals surface area contributed by atoms with Crippen molar-refractivity contribution in [3.63, 3.8) is 0 Å². The maximum absolute atomic E-state index is 10.9. The second kappa shape index (κ2) is 3.62. The second-order valence-corrected chi connectivity index (χ2v) is 3.95. The van der Waals surface area contributed by atoms with Crippen LogP contribution >= 0.6 is 12.2 Å². The van der Waals surface area contributed by atoms with Crippen molar-refractivity contribution in [2.75, 3.05) is 11.9 Å². The van der Waals surface area contributed by atoms with E-state index in [1.807, 2.05) is 24.1 Å². The first kappa shape index (κ1) is 10.1. The topological polar surface area (TPSA) is 29.5 Å². The van der Waals surface area contributed by atoms with E-state index in [1.54, 1.807) is 6.07 Å². The highest BCUT2D eigenvalue weighted by Gasteiger charge is 2.24. The summed E-state index contributed by atoms with van der Waals surface area (Å²) in [6.45, 7) is 1.40. The van der Waals surface area contributed by atoms with Crippen molar-refractivity contribution in [1.29, 1.82) is 0 Å². The molecule has 0 N–H and O–H groups in total. The molecule has 0 fully saturated rings. The quantitative estimate of drug-likeness (QED) is 0.412. The highest BCUT2D eigenvalue weighted by atomic mass is 32.1. The van der Waals surface area contributed by atoms with Crippen LogP contribution in [0.1, 0.15) is 12.5 Å². The summed E-state index contributed by atoms with van der Waals surface area (Å²) in [4.78, 5) is 13.7. The number of benzene rings is 1. The van der Waals surface area contributed by atoms with Gasteiger partial charge in [-0.2, -0.15) is 0 Å². The number of hydrogen-bond donors (Lipinski definition) is 0. The fraction of sp³-hybridized carbons (Fsp3) is 0.273. The van der Waals surface area contributed by atoms with E-state index >= 15 is 0 Å². The summed E-state index contributed by atoms with van der Waals surface area (Å²) in [5.74, 6) is 0.315.